The van der Waals surface area contributed by atoms with Crippen molar-refractivity contribution in [1.29, 1.82) is 0 Å². The molecule has 0 N–H and O–H groups in total. The zero-order chi connectivity index (χ0) is 12.4. The maximum Gasteiger partial charge on any atom is 0.345 e. The predicted octanol–water partition coefficient (Wildman–Crippen LogP) is 2.79. The molecule has 3 rings (SSSR count). The minimum atomic E-state index is -0.807. The first-order chi connectivity index (χ1) is 8.81. The van der Waals surface area contributed by atoms with Gasteiger partial charge < -0.3 is 9.47 Å². The molecule has 1 saturated carbocycles. The lowest BCUT2D eigenvalue weighted by Crippen LogP contribution is -2.30. The molecular formula is C15H18O3. The van der Waals surface area contributed by atoms with Crippen molar-refractivity contribution in [2.45, 2.75) is 43.8 Å². The summed E-state index contributed by atoms with van der Waals surface area (Å²) in [6.07, 6.45) is 5.67. The van der Waals surface area contributed by atoms with Crippen molar-refractivity contribution in [2.75, 3.05) is 6.61 Å². The molecule has 3 heteroatoms. The first-order valence-corrected chi connectivity index (χ1v) is 6.72. The molecule has 0 spiro atoms. The van der Waals surface area contributed by atoms with E-state index < -0.39 is 5.60 Å². The van der Waals surface area contributed by atoms with Gasteiger partial charge in [0.2, 0.25) is 5.60 Å². The van der Waals surface area contributed by atoms with Crippen LogP contribution in [0.4, 0.5) is 0 Å². The van der Waals surface area contributed by atoms with Crippen LogP contribution in [0.25, 0.3) is 0 Å². The van der Waals surface area contributed by atoms with Crippen LogP contribution in [0, 0.1) is 0 Å². The molecule has 0 radical (unpaired) electrons. The Morgan fingerprint density at radius 3 is 2.44 bits per heavy atom. The summed E-state index contributed by atoms with van der Waals surface area (Å²) < 4.78 is 11.0. The van der Waals surface area contributed by atoms with Gasteiger partial charge in [-0.1, -0.05) is 36.8 Å². The van der Waals surface area contributed by atoms with Crippen LogP contribution < -0.4 is 0 Å². The Morgan fingerprint density at radius 1 is 1.17 bits per heavy atom. The Labute approximate surface area is 107 Å². The highest BCUT2D eigenvalue weighted by molar-refractivity contribution is 5.84. The van der Waals surface area contributed by atoms with E-state index in [1.165, 1.54) is 6.42 Å². The Kier molecular flexibility index (Phi) is 3.08. The molecule has 1 aliphatic heterocycles. The number of carbonyl (C=O) groups is 1. The highest BCUT2D eigenvalue weighted by Gasteiger charge is 2.55. The third-order valence-electron chi connectivity index (χ3n) is 3.83. The number of esters is 1. The monoisotopic (exact) mass is 246 g/mol. The van der Waals surface area contributed by atoms with Gasteiger partial charge in [0.05, 0.1) is 6.61 Å². The average molecular weight is 246 g/mol. The van der Waals surface area contributed by atoms with Gasteiger partial charge in [0.15, 0.2) is 0 Å². The smallest absolute Gasteiger partial charge is 0.345 e. The van der Waals surface area contributed by atoms with Crippen molar-refractivity contribution in [3.8, 4) is 0 Å². The molecule has 2 aliphatic rings. The summed E-state index contributed by atoms with van der Waals surface area (Å²) in [5.74, 6) is -0.208. The standard InChI is InChI=1S/C15H18O3/c16-14(18-13-9-5-2-6-10-13)15(11-17-15)12-7-3-1-4-8-12/h1,3-4,7-8,13H,2,5-6,9-11H2. The quantitative estimate of drug-likeness (QED) is 0.608. The molecule has 2 fully saturated rings. The molecule has 96 valence electrons. The summed E-state index contributed by atoms with van der Waals surface area (Å²) in [5.41, 5.74) is 0.101. The lowest BCUT2D eigenvalue weighted by Gasteiger charge is -2.23. The van der Waals surface area contributed by atoms with E-state index in [2.05, 4.69) is 0 Å². The van der Waals surface area contributed by atoms with E-state index in [4.69, 9.17) is 9.47 Å². The zero-order valence-corrected chi connectivity index (χ0v) is 10.4. The van der Waals surface area contributed by atoms with E-state index in [1.807, 2.05) is 30.3 Å². The van der Waals surface area contributed by atoms with Gasteiger partial charge in [-0.15, -0.1) is 0 Å². The second-order valence-electron chi connectivity index (χ2n) is 5.15. The van der Waals surface area contributed by atoms with E-state index in [-0.39, 0.29) is 12.1 Å². The van der Waals surface area contributed by atoms with Crippen LogP contribution >= 0.6 is 0 Å². The Balaban J connectivity index is 1.68. The van der Waals surface area contributed by atoms with Crippen molar-refractivity contribution >= 4 is 5.97 Å². The Hall–Kier alpha value is -1.35. The summed E-state index contributed by atoms with van der Waals surface area (Å²) in [7, 11) is 0. The van der Waals surface area contributed by atoms with Crippen LogP contribution in [0.15, 0.2) is 30.3 Å². The lowest BCUT2D eigenvalue weighted by molar-refractivity contribution is -0.157. The van der Waals surface area contributed by atoms with Crippen molar-refractivity contribution in [3.05, 3.63) is 35.9 Å². The number of ether oxygens (including phenoxy) is 2. The van der Waals surface area contributed by atoms with Gasteiger partial charge in [-0.05, 0) is 31.2 Å². The number of benzene rings is 1. The molecule has 1 aliphatic carbocycles. The highest BCUT2D eigenvalue weighted by atomic mass is 16.6. The second kappa shape index (κ2) is 4.73. The molecule has 1 aromatic carbocycles. The van der Waals surface area contributed by atoms with Gasteiger partial charge in [0.1, 0.15) is 6.10 Å². The van der Waals surface area contributed by atoms with Crippen molar-refractivity contribution in [3.63, 3.8) is 0 Å². The topological polar surface area (TPSA) is 38.8 Å². The number of carbonyl (C=O) groups excluding carboxylic acids is 1. The molecule has 3 nitrogen and oxygen atoms in total. The third kappa shape index (κ3) is 2.15. The van der Waals surface area contributed by atoms with E-state index in [9.17, 15) is 4.79 Å². The normalized spacial score (nSPS) is 27.8. The van der Waals surface area contributed by atoms with Gasteiger partial charge in [0.25, 0.3) is 0 Å². The molecular weight excluding hydrogens is 228 g/mol. The molecule has 0 aromatic heterocycles. The van der Waals surface area contributed by atoms with Crippen LogP contribution in [0.1, 0.15) is 37.7 Å². The maximum absolute atomic E-state index is 12.2. The van der Waals surface area contributed by atoms with Gasteiger partial charge in [-0.25, -0.2) is 4.79 Å². The molecule has 18 heavy (non-hydrogen) atoms. The first kappa shape index (κ1) is 11.7. The fourth-order valence-electron chi connectivity index (χ4n) is 2.61. The van der Waals surface area contributed by atoms with Crippen molar-refractivity contribution < 1.29 is 14.3 Å². The van der Waals surface area contributed by atoms with Gasteiger partial charge in [-0.3, -0.25) is 0 Å². The van der Waals surface area contributed by atoms with Crippen LogP contribution in [0.2, 0.25) is 0 Å². The molecule has 0 bridgehead atoms. The average Bonchev–Trinajstić information content (AvgIpc) is 3.22. The van der Waals surface area contributed by atoms with Crippen LogP contribution in [-0.4, -0.2) is 18.7 Å². The Morgan fingerprint density at radius 2 is 1.83 bits per heavy atom. The zero-order valence-electron chi connectivity index (χ0n) is 10.4. The number of hydrogen-bond acceptors (Lipinski definition) is 3. The fourth-order valence-corrected chi connectivity index (χ4v) is 2.61. The van der Waals surface area contributed by atoms with Gasteiger partial charge >= 0.3 is 5.97 Å². The summed E-state index contributed by atoms with van der Waals surface area (Å²) in [6, 6.07) is 9.63. The number of epoxide rings is 1. The molecule has 1 unspecified atom stereocenters. The number of rotatable bonds is 3. The highest BCUT2D eigenvalue weighted by Crippen LogP contribution is 2.40. The first-order valence-electron chi connectivity index (χ1n) is 6.72. The van der Waals surface area contributed by atoms with Gasteiger partial charge in [0, 0.05) is 0 Å². The fraction of sp³-hybridized carbons (Fsp3) is 0.533. The largest absolute Gasteiger partial charge is 0.460 e. The molecule has 1 heterocycles. The van der Waals surface area contributed by atoms with Gasteiger partial charge in [-0.2, -0.15) is 0 Å². The maximum atomic E-state index is 12.2. The van der Waals surface area contributed by atoms with E-state index in [0.29, 0.717) is 6.61 Å². The summed E-state index contributed by atoms with van der Waals surface area (Å²) in [5, 5.41) is 0. The summed E-state index contributed by atoms with van der Waals surface area (Å²) in [4.78, 5) is 12.2. The third-order valence-corrected chi connectivity index (χ3v) is 3.83. The van der Waals surface area contributed by atoms with Crippen LogP contribution in [-0.2, 0) is 19.9 Å². The van der Waals surface area contributed by atoms with Crippen LogP contribution in [0.3, 0.4) is 0 Å². The van der Waals surface area contributed by atoms with E-state index >= 15 is 0 Å². The minimum Gasteiger partial charge on any atom is -0.460 e. The van der Waals surface area contributed by atoms with Crippen LogP contribution in [0.5, 0.6) is 0 Å². The van der Waals surface area contributed by atoms with E-state index in [1.54, 1.807) is 0 Å². The number of hydrogen-bond donors (Lipinski definition) is 0. The SMILES string of the molecule is O=C(OC1CCCCC1)C1(c2ccccc2)CO1. The van der Waals surface area contributed by atoms with Crippen molar-refractivity contribution in [1.82, 2.24) is 0 Å². The predicted molar refractivity (Wildman–Crippen MR) is 67.0 cm³/mol. The Bertz CT molecular complexity index is 417. The van der Waals surface area contributed by atoms with E-state index in [0.717, 1.165) is 31.2 Å². The molecule has 1 aromatic rings. The molecule has 1 saturated heterocycles. The summed E-state index contributed by atoms with van der Waals surface area (Å²) >= 11 is 0. The summed E-state index contributed by atoms with van der Waals surface area (Å²) in [6.45, 7) is 0.447. The van der Waals surface area contributed by atoms with Crippen molar-refractivity contribution in [2.24, 2.45) is 0 Å². The molecule has 1 atom stereocenters. The second-order valence-corrected chi connectivity index (χ2v) is 5.15. The minimum absolute atomic E-state index is 0.0936. The lowest BCUT2D eigenvalue weighted by atomic mass is 9.96. The molecule has 0 amide bonds.